The number of carbonyl (C=O) groups is 2. The van der Waals surface area contributed by atoms with E-state index in [1.807, 2.05) is 0 Å². The Bertz CT molecular complexity index is 845. The second kappa shape index (κ2) is 8.24. The molecule has 25 heavy (non-hydrogen) atoms. The van der Waals surface area contributed by atoms with Gasteiger partial charge in [-0.15, -0.1) is 11.3 Å². The number of sulfonamides is 1. The first-order valence-electron chi connectivity index (χ1n) is 7.30. The fourth-order valence-electron chi connectivity index (χ4n) is 2.09. The molecule has 1 heterocycles. The highest BCUT2D eigenvalue weighted by molar-refractivity contribution is 7.89. The average Bonchev–Trinajstić information content (AvgIpc) is 3.11. The van der Waals surface area contributed by atoms with Gasteiger partial charge in [0.2, 0.25) is 10.0 Å². The monoisotopic (exact) mass is 383 g/mol. The molecule has 2 aromatic rings. The molecule has 0 bridgehead atoms. The van der Waals surface area contributed by atoms with Crippen LogP contribution in [0.15, 0.2) is 46.7 Å². The van der Waals surface area contributed by atoms with Crippen LogP contribution >= 0.6 is 11.3 Å². The third-order valence-electron chi connectivity index (χ3n) is 3.22. The predicted molar refractivity (Wildman–Crippen MR) is 91.8 cm³/mol. The highest BCUT2D eigenvalue weighted by atomic mass is 32.2. The molecule has 0 saturated heterocycles. The van der Waals surface area contributed by atoms with E-state index in [9.17, 15) is 18.0 Å². The zero-order chi connectivity index (χ0) is 18.4. The molecule has 134 valence electrons. The van der Waals surface area contributed by atoms with Crippen molar-refractivity contribution in [3.8, 4) is 0 Å². The summed E-state index contributed by atoms with van der Waals surface area (Å²) in [6, 6.07) is 8.39. The fraction of sp³-hybridized carbons (Fsp3) is 0.250. The van der Waals surface area contributed by atoms with Crippen molar-refractivity contribution >= 4 is 33.3 Å². The van der Waals surface area contributed by atoms with E-state index in [2.05, 4.69) is 9.46 Å². The smallest absolute Gasteiger partial charge is 0.349 e. The molecule has 0 aliphatic heterocycles. The Morgan fingerprint density at radius 3 is 2.48 bits per heavy atom. The van der Waals surface area contributed by atoms with Crippen LogP contribution in [0.2, 0.25) is 0 Å². The van der Waals surface area contributed by atoms with Gasteiger partial charge in [-0.05, 0) is 23.9 Å². The lowest BCUT2D eigenvalue weighted by Gasteiger charge is -2.17. The van der Waals surface area contributed by atoms with Crippen molar-refractivity contribution in [3.05, 3.63) is 52.2 Å². The number of thiophene rings is 1. The van der Waals surface area contributed by atoms with Crippen LogP contribution in [0.1, 0.15) is 28.2 Å². The Labute approximate surface area is 149 Å². The summed E-state index contributed by atoms with van der Waals surface area (Å²) in [4.78, 5) is 23.7. The van der Waals surface area contributed by atoms with Crippen LogP contribution in [0.5, 0.6) is 0 Å². The number of benzene rings is 1. The second-order valence-electron chi connectivity index (χ2n) is 4.82. The van der Waals surface area contributed by atoms with Gasteiger partial charge in [0, 0.05) is 0 Å². The summed E-state index contributed by atoms with van der Waals surface area (Å²) < 4.78 is 37.3. The number of hydrogen-bond donors (Lipinski definition) is 1. The lowest BCUT2D eigenvalue weighted by Crippen LogP contribution is -2.35. The van der Waals surface area contributed by atoms with Crippen molar-refractivity contribution in [2.24, 2.45) is 0 Å². The van der Waals surface area contributed by atoms with Crippen LogP contribution in [0.25, 0.3) is 0 Å². The normalized spacial score (nSPS) is 12.4. The van der Waals surface area contributed by atoms with Gasteiger partial charge in [0.1, 0.15) is 15.8 Å². The minimum absolute atomic E-state index is 0.0642. The molecule has 0 spiro atoms. The highest BCUT2D eigenvalue weighted by Gasteiger charge is 2.31. The lowest BCUT2D eigenvalue weighted by molar-refractivity contribution is -0.145. The van der Waals surface area contributed by atoms with E-state index < -0.39 is 28.0 Å². The van der Waals surface area contributed by atoms with Gasteiger partial charge in [0.05, 0.1) is 13.7 Å². The van der Waals surface area contributed by atoms with E-state index >= 15 is 0 Å². The van der Waals surface area contributed by atoms with Gasteiger partial charge >= 0.3 is 11.9 Å². The topological polar surface area (TPSA) is 98.8 Å². The van der Waals surface area contributed by atoms with Crippen LogP contribution in [-0.2, 0) is 24.3 Å². The standard InChI is InChI=1S/C16H17NO6S2/c1-3-23-15(18)13(11-7-5-4-6-8-11)17-25(20,21)12-9-10-24-14(12)16(19)22-2/h4-10,13,17H,3H2,1-2H3. The Kier molecular flexibility index (Phi) is 6.29. The largest absolute Gasteiger partial charge is 0.465 e. The van der Waals surface area contributed by atoms with Gasteiger partial charge in [-0.2, -0.15) is 4.72 Å². The summed E-state index contributed by atoms with van der Waals surface area (Å²) >= 11 is 0.941. The molecule has 1 aromatic heterocycles. The SMILES string of the molecule is CCOC(=O)C(NS(=O)(=O)c1ccsc1C(=O)OC)c1ccccc1. The maximum atomic E-state index is 12.7. The molecular formula is C16H17NO6S2. The van der Waals surface area contributed by atoms with E-state index in [4.69, 9.17) is 4.74 Å². The van der Waals surface area contributed by atoms with E-state index in [-0.39, 0.29) is 16.4 Å². The summed E-state index contributed by atoms with van der Waals surface area (Å²) in [5.74, 6) is -1.49. The maximum absolute atomic E-state index is 12.7. The summed E-state index contributed by atoms with van der Waals surface area (Å²) in [5.41, 5.74) is 0.430. The molecule has 0 radical (unpaired) electrons. The number of hydrogen-bond acceptors (Lipinski definition) is 7. The van der Waals surface area contributed by atoms with Crippen molar-refractivity contribution in [1.29, 1.82) is 0 Å². The number of nitrogens with one attached hydrogen (secondary N) is 1. The van der Waals surface area contributed by atoms with Crippen LogP contribution < -0.4 is 4.72 Å². The first-order valence-corrected chi connectivity index (χ1v) is 9.66. The molecule has 0 amide bonds. The van der Waals surface area contributed by atoms with Crippen LogP contribution in [-0.4, -0.2) is 34.1 Å². The Morgan fingerprint density at radius 2 is 1.88 bits per heavy atom. The molecule has 1 aromatic carbocycles. The molecule has 9 heteroatoms. The minimum atomic E-state index is -4.15. The Balaban J connectivity index is 2.39. The van der Waals surface area contributed by atoms with E-state index in [1.54, 1.807) is 37.3 Å². The van der Waals surface area contributed by atoms with Gasteiger partial charge in [0.25, 0.3) is 0 Å². The molecule has 1 atom stereocenters. The van der Waals surface area contributed by atoms with Crippen molar-refractivity contribution in [3.63, 3.8) is 0 Å². The van der Waals surface area contributed by atoms with Crippen molar-refractivity contribution < 1.29 is 27.5 Å². The van der Waals surface area contributed by atoms with Gasteiger partial charge in [-0.3, -0.25) is 0 Å². The summed E-state index contributed by atoms with van der Waals surface area (Å²) in [6.07, 6.45) is 0. The highest BCUT2D eigenvalue weighted by Crippen LogP contribution is 2.25. The molecule has 0 fully saturated rings. The number of carbonyl (C=O) groups excluding carboxylic acids is 2. The van der Waals surface area contributed by atoms with Crippen LogP contribution in [0, 0.1) is 0 Å². The van der Waals surface area contributed by atoms with Crippen molar-refractivity contribution in [2.75, 3.05) is 13.7 Å². The lowest BCUT2D eigenvalue weighted by atomic mass is 10.1. The van der Waals surface area contributed by atoms with Crippen LogP contribution in [0.3, 0.4) is 0 Å². The number of ether oxygens (including phenoxy) is 2. The van der Waals surface area contributed by atoms with Crippen molar-refractivity contribution in [2.45, 2.75) is 17.9 Å². The third kappa shape index (κ3) is 4.44. The molecular weight excluding hydrogens is 366 g/mol. The zero-order valence-corrected chi connectivity index (χ0v) is 15.2. The molecule has 0 aliphatic carbocycles. The van der Waals surface area contributed by atoms with Crippen molar-refractivity contribution in [1.82, 2.24) is 4.72 Å². The molecule has 1 N–H and O–H groups in total. The van der Waals surface area contributed by atoms with Gasteiger partial charge in [-0.1, -0.05) is 30.3 Å². The zero-order valence-electron chi connectivity index (χ0n) is 13.6. The Morgan fingerprint density at radius 1 is 1.20 bits per heavy atom. The number of esters is 2. The first-order chi connectivity index (χ1) is 11.9. The van der Waals surface area contributed by atoms with Gasteiger partial charge < -0.3 is 9.47 Å². The van der Waals surface area contributed by atoms with Crippen LogP contribution in [0.4, 0.5) is 0 Å². The molecule has 1 unspecified atom stereocenters. The predicted octanol–water partition coefficient (Wildman–Crippen LogP) is 2.12. The summed E-state index contributed by atoms with van der Waals surface area (Å²) in [5, 5.41) is 1.46. The molecule has 7 nitrogen and oxygen atoms in total. The quantitative estimate of drug-likeness (QED) is 0.736. The average molecular weight is 383 g/mol. The number of methoxy groups -OCH3 is 1. The van der Waals surface area contributed by atoms with Gasteiger partial charge in [-0.25, -0.2) is 18.0 Å². The molecule has 0 saturated carbocycles. The summed E-state index contributed by atoms with van der Waals surface area (Å²) in [6.45, 7) is 1.73. The number of rotatable bonds is 7. The van der Waals surface area contributed by atoms with E-state index in [0.717, 1.165) is 18.4 Å². The van der Waals surface area contributed by atoms with Gasteiger partial charge in [0.15, 0.2) is 0 Å². The third-order valence-corrected chi connectivity index (χ3v) is 5.71. The second-order valence-corrected chi connectivity index (χ2v) is 7.42. The van der Waals surface area contributed by atoms with E-state index in [0.29, 0.717) is 5.56 Å². The maximum Gasteiger partial charge on any atom is 0.349 e. The summed E-state index contributed by atoms with van der Waals surface area (Å²) in [7, 11) is -2.99. The fourth-order valence-corrected chi connectivity index (χ4v) is 4.60. The molecule has 2 rings (SSSR count). The minimum Gasteiger partial charge on any atom is -0.465 e. The van der Waals surface area contributed by atoms with E-state index in [1.165, 1.54) is 11.4 Å². The first kappa shape index (κ1) is 19.1. The molecule has 0 aliphatic rings. The Hall–Kier alpha value is -2.23.